The normalized spacial score (nSPS) is 18.4. The zero-order valence-corrected chi connectivity index (χ0v) is 29.3. The molecule has 0 saturated carbocycles. The molecule has 1 rings (SSSR count). The molecule has 0 bridgehead atoms. The predicted molar refractivity (Wildman–Crippen MR) is 128 cm³/mol. The molecule has 1 aromatic rings. The molecule has 402 valence electrons. The van der Waals surface area contributed by atoms with Crippen molar-refractivity contribution in [1.82, 2.24) is 0 Å². The Balaban J connectivity index is 4.36. The number of alkyl halides is 40. The van der Waals surface area contributed by atoms with Gasteiger partial charge in [0.15, 0.2) is 0 Å². The summed E-state index contributed by atoms with van der Waals surface area (Å²) in [7, 11) is 0. The maximum atomic E-state index is 14.9. The summed E-state index contributed by atoms with van der Waals surface area (Å²) in [5.74, 6) is -132. The van der Waals surface area contributed by atoms with Gasteiger partial charge in [-0.3, -0.25) is 0 Å². The lowest BCUT2D eigenvalue weighted by molar-refractivity contribution is -0.476. The number of benzene rings is 1. The van der Waals surface area contributed by atoms with Gasteiger partial charge in [0.1, 0.15) is 0 Å². The highest BCUT2D eigenvalue weighted by molar-refractivity contribution is 5.38. The highest BCUT2D eigenvalue weighted by atomic mass is 19.5. The van der Waals surface area contributed by atoms with Gasteiger partial charge in [-0.25, -0.2) is 0 Å². The summed E-state index contributed by atoms with van der Waals surface area (Å²) < 4.78 is 548. The summed E-state index contributed by atoms with van der Waals surface area (Å²) >= 11 is 0. The molecule has 0 radical (unpaired) electrons. The second kappa shape index (κ2) is 15.4. The van der Waals surface area contributed by atoms with Gasteiger partial charge in [-0.05, 0) is 11.1 Å². The number of hydrogen-bond acceptors (Lipinski definition) is 2. The van der Waals surface area contributed by atoms with Crippen LogP contribution in [0.2, 0.25) is 0 Å². The molecular weight excluding hydrogens is 1100 g/mol. The Hall–Kier alpha value is -3.66. The van der Waals surface area contributed by atoms with Crippen molar-refractivity contribution in [3.63, 3.8) is 0 Å². The molecule has 1 aromatic carbocycles. The van der Waals surface area contributed by atoms with E-state index < -0.39 is 154 Å². The van der Waals surface area contributed by atoms with E-state index in [-0.39, 0.29) is 0 Å². The van der Waals surface area contributed by atoms with Crippen LogP contribution in [-0.2, 0) is 11.2 Å². The van der Waals surface area contributed by atoms with Gasteiger partial charge in [-0.15, -0.1) is 0 Å². The summed E-state index contributed by atoms with van der Waals surface area (Å²) in [6.07, 6.45) is -33.5. The Morgan fingerprint density at radius 3 is 0.412 bits per heavy atom. The van der Waals surface area contributed by atoms with Crippen molar-refractivity contribution in [2.75, 3.05) is 0 Å². The van der Waals surface area contributed by atoms with Crippen LogP contribution in [0.4, 0.5) is 176 Å². The summed E-state index contributed by atoms with van der Waals surface area (Å²) in [5.41, 5.74) is -24.2. The van der Waals surface area contributed by atoms with Crippen LogP contribution in [-0.4, -0.2) is 118 Å². The van der Waals surface area contributed by atoms with E-state index in [0.717, 1.165) is 0 Å². The standard InChI is InChI=1S/C26H6F40O2/c27-9(28,11(31,32)13(35,36)15(39,40)17(43,44)19(47,48)21(51,52)25(61,62)63)7(67,23(55,56)57)5-1-2-6(4-3-5)8(68,24(58,59)60)10(29,30)12(33,34)14(37,38)16(41,42)18(45,46)20(49,50)22(53,54)26(64,65)66/h1-4,67-68H. The average molecular weight is 1110 g/mol. The fraction of sp³-hybridized carbons (Fsp3) is 0.769. The second-order valence-corrected chi connectivity index (χ2v) is 13.0. The lowest BCUT2D eigenvalue weighted by Gasteiger charge is -2.47. The first kappa shape index (κ1) is 62.4. The third-order valence-electron chi connectivity index (χ3n) is 8.89. The summed E-state index contributed by atoms with van der Waals surface area (Å²) in [4.78, 5) is 0. The number of rotatable bonds is 16. The van der Waals surface area contributed by atoms with Crippen LogP contribution < -0.4 is 0 Å². The Morgan fingerprint density at radius 1 is 0.176 bits per heavy atom. The van der Waals surface area contributed by atoms with E-state index in [1.54, 1.807) is 0 Å². The van der Waals surface area contributed by atoms with Gasteiger partial charge in [0.25, 0.3) is 11.2 Å². The van der Waals surface area contributed by atoms with Crippen LogP contribution in [0.5, 0.6) is 0 Å². The number of halogens is 40. The molecule has 0 amide bonds. The van der Waals surface area contributed by atoms with Crippen LogP contribution in [0.15, 0.2) is 24.3 Å². The van der Waals surface area contributed by atoms with Crippen molar-refractivity contribution in [3.8, 4) is 0 Å². The van der Waals surface area contributed by atoms with Gasteiger partial charge in [0.2, 0.25) is 0 Å². The summed E-state index contributed by atoms with van der Waals surface area (Å²) in [6.45, 7) is 0. The minimum Gasteiger partial charge on any atom is -0.372 e. The summed E-state index contributed by atoms with van der Waals surface area (Å²) in [6, 6.07) is -8.44. The van der Waals surface area contributed by atoms with Crippen LogP contribution in [0.25, 0.3) is 0 Å². The lowest BCUT2D eigenvalue weighted by Crippen LogP contribution is -2.77. The van der Waals surface area contributed by atoms with Crippen molar-refractivity contribution in [1.29, 1.82) is 0 Å². The molecule has 68 heavy (non-hydrogen) atoms. The Bertz CT molecular complexity index is 1830. The van der Waals surface area contributed by atoms with Crippen molar-refractivity contribution in [2.45, 2.75) is 119 Å². The third-order valence-corrected chi connectivity index (χ3v) is 8.89. The van der Waals surface area contributed by atoms with Crippen LogP contribution in [0.3, 0.4) is 0 Å². The predicted octanol–water partition coefficient (Wildman–Crippen LogP) is 13.2. The molecule has 2 N–H and O–H groups in total. The highest BCUT2D eigenvalue weighted by Crippen LogP contribution is 2.69. The van der Waals surface area contributed by atoms with Crippen molar-refractivity contribution < 1.29 is 186 Å². The van der Waals surface area contributed by atoms with Gasteiger partial charge >= 0.3 is 108 Å². The zero-order valence-electron chi connectivity index (χ0n) is 29.3. The molecule has 0 aliphatic carbocycles. The van der Waals surface area contributed by atoms with E-state index >= 15 is 0 Å². The van der Waals surface area contributed by atoms with Crippen LogP contribution in [0.1, 0.15) is 11.1 Å². The van der Waals surface area contributed by atoms with Gasteiger partial charge < -0.3 is 10.2 Å². The van der Waals surface area contributed by atoms with Gasteiger partial charge in [0, 0.05) is 0 Å². The highest BCUT2D eigenvalue weighted by Gasteiger charge is 2.99. The topological polar surface area (TPSA) is 40.5 Å². The molecule has 0 aliphatic rings. The quantitative estimate of drug-likeness (QED) is 0.162. The van der Waals surface area contributed by atoms with E-state index in [0.29, 0.717) is 0 Å². The minimum atomic E-state index is -9.78. The minimum absolute atomic E-state index is 2.11. The van der Waals surface area contributed by atoms with Crippen molar-refractivity contribution in [3.05, 3.63) is 35.4 Å². The van der Waals surface area contributed by atoms with Gasteiger partial charge in [-0.1, -0.05) is 24.3 Å². The second-order valence-electron chi connectivity index (χ2n) is 13.0. The first-order valence-corrected chi connectivity index (χ1v) is 14.8. The monoisotopic (exact) mass is 1110 g/mol. The molecule has 2 unspecified atom stereocenters. The Labute approximate surface area is 341 Å². The van der Waals surface area contributed by atoms with E-state index in [1.165, 1.54) is 0 Å². The van der Waals surface area contributed by atoms with E-state index in [1.807, 2.05) is 0 Å². The maximum absolute atomic E-state index is 14.9. The Morgan fingerprint density at radius 2 is 0.294 bits per heavy atom. The molecule has 42 heteroatoms. The summed E-state index contributed by atoms with van der Waals surface area (Å²) in [5, 5.41) is 19.1. The Kier molecular flexibility index (Phi) is 14.1. The number of hydrogen-bond donors (Lipinski definition) is 2. The van der Waals surface area contributed by atoms with Gasteiger partial charge in [-0.2, -0.15) is 176 Å². The lowest BCUT2D eigenvalue weighted by atomic mass is 9.76. The SMILES string of the molecule is OC(c1ccc(C(O)(C(F)(F)F)C(F)(F)C(F)(F)C(F)(F)C(F)(F)C(F)(F)C(F)(F)C(F)(F)C(F)(F)F)cc1)(C(F)(F)F)C(F)(F)C(F)(F)C(F)(F)C(F)(F)C(F)(F)C(F)(F)C(F)(F)C(F)(F)F. The number of aliphatic hydroxyl groups is 2. The molecule has 0 spiro atoms. The largest absolute Gasteiger partial charge is 0.460 e. The fourth-order valence-electron chi connectivity index (χ4n) is 4.78. The van der Waals surface area contributed by atoms with Crippen LogP contribution >= 0.6 is 0 Å². The molecule has 0 aliphatic heterocycles. The third kappa shape index (κ3) is 7.21. The van der Waals surface area contributed by atoms with E-state index in [2.05, 4.69) is 0 Å². The smallest absolute Gasteiger partial charge is 0.372 e. The van der Waals surface area contributed by atoms with E-state index in [4.69, 9.17) is 0 Å². The molecule has 0 heterocycles. The first-order chi connectivity index (χ1) is 28.7. The molecule has 2 nitrogen and oxygen atoms in total. The van der Waals surface area contributed by atoms with Gasteiger partial charge in [0.05, 0.1) is 0 Å². The molecule has 0 aromatic heterocycles. The zero-order chi connectivity index (χ0) is 56.0. The molecular formula is C26H6F40O2. The molecule has 0 saturated heterocycles. The first-order valence-electron chi connectivity index (χ1n) is 14.8. The molecule has 0 fully saturated rings. The van der Waals surface area contributed by atoms with Crippen LogP contribution in [0, 0.1) is 0 Å². The van der Waals surface area contributed by atoms with E-state index in [9.17, 15) is 186 Å². The average Bonchev–Trinajstić information content (AvgIpc) is 3.10. The molecule has 2 atom stereocenters. The maximum Gasteiger partial charge on any atom is 0.460 e. The van der Waals surface area contributed by atoms with Crippen molar-refractivity contribution in [2.24, 2.45) is 0 Å². The fourth-order valence-corrected chi connectivity index (χ4v) is 4.78. The van der Waals surface area contributed by atoms with Crippen molar-refractivity contribution >= 4 is 0 Å².